The first-order valence-corrected chi connectivity index (χ1v) is 8.04. The van der Waals surface area contributed by atoms with Crippen LogP contribution in [0.2, 0.25) is 5.02 Å². The van der Waals surface area contributed by atoms with Gasteiger partial charge in [0.15, 0.2) is 5.16 Å². The number of halogens is 1. The van der Waals surface area contributed by atoms with Crippen molar-refractivity contribution in [3.8, 4) is 0 Å². The smallest absolute Gasteiger partial charge is 0.271 e. The van der Waals surface area contributed by atoms with Crippen LogP contribution < -0.4 is 11.1 Å². The number of amides is 1. The number of nitro benzene ring substituents is 1. The van der Waals surface area contributed by atoms with Crippen molar-refractivity contribution in [3.05, 3.63) is 45.1 Å². The standard InChI is InChI=1S/C14H14ClN5O3S/c1-7-5-12(16)19-14(17-7)24-8(2)13(21)18-11-4-3-9(20(22)23)6-10(11)15/h3-6,8H,1-2H3,(H,18,21)(H2,16,17,19). The molecule has 0 fully saturated rings. The molecule has 0 bridgehead atoms. The molecule has 0 aliphatic heterocycles. The van der Waals surface area contributed by atoms with Crippen molar-refractivity contribution in [1.29, 1.82) is 0 Å². The molecule has 1 amide bonds. The minimum Gasteiger partial charge on any atom is -0.384 e. The molecule has 8 nitrogen and oxygen atoms in total. The molecule has 0 radical (unpaired) electrons. The van der Waals surface area contributed by atoms with Crippen LogP contribution in [0.5, 0.6) is 0 Å². The van der Waals surface area contributed by atoms with Gasteiger partial charge in [-0.25, -0.2) is 9.97 Å². The van der Waals surface area contributed by atoms with E-state index in [0.717, 1.165) is 11.8 Å². The molecule has 0 spiro atoms. The molecule has 1 aromatic heterocycles. The zero-order valence-electron chi connectivity index (χ0n) is 12.8. The highest BCUT2D eigenvalue weighted by atomic mass is 35.5. The normalized spacial score (nSPS) is 11.8. The van der Waals surface area contributed by atoms with E-state index in [4.69, 9.17) is 17.3 Å². The minimum atomic E-state index is -0.560. The number of nitrogens with one attached hydrogen (secondary N) is 1. The number of hydrogen-bond acceptors (Lipinski definition) is 7. The molecular formula is C14H14ClN5O3S. The number of aromatic nitrogens is 2. The lowest BCUT2D eigenvalue weighted by molar-refractivity contribution is -0.384. The van der Waals surface area contributed by atoms with Crippen LogP contribution in [0.25, 0.3) is 0 Å². The summed E-state index contributed by atoms with van der Waals surface area (Å²) in [6, 6.07) is 5.46. The third-order valence-electron chi connectivity index (χ3n) is 2.93. The van der Waals surface area contributed by atoms with Crippen molar-refractivity contribution in [1.82, 2.24) is 9.97 Å². The molecule has 0 aliphatic rings. The van der Waals surface area contributed by atoms with E-state index in [1.807, 2.05) is 0 Å². The predicted octanol–water partition coefficient (Wildman–Crippen LogP) is 3.05. The van der Waals surface area contributed by atoms with E-state index in [9.17, 15) is 14.9 Å². The molecule has 10 heteroatoms. The van der Waals surface area contributed by atoms with Crippen molar-refractivity contribution in [2.24, 2.45) is 0 Å². The first-order chi connectivity index (χ1) is 11.3. The Morgan fingerprint density at radius 3 is 2.71 bits per heavy atom. The number of hydrogen-bond donors (Lipinski definition) is 2. The third kappa shape index (κ3) is 4.56. The van der Waals surface area contributed by atoms with Crippen LogP contribution in [0.3, 0.4) is 0 Å². The molecule has 1 atom stereocenters. The average Bonchev–Trinajstić information content (AvgIpc) is 2.47. The Hall–Kier alpha value is -2.39. The van der Waals surface area contributed by atoms with E-state index >= 15 is 0 Å². The number of nitro groups is 1. The summed E-state index contributed by atoms with van der Waals surface area (Å²) >= 11 is 7.10. The average molecular weight is 368 g/mol. The number of benzene rings is 1. The zero-order chi connectivity index (χ0) is 17.9. The van der Waals surface area contributed by atoms with Gasteiger partial charge in [0.25, 0.3) is 5.69 Å². The Balaban J connectivity index is 2.07. The Labute approximate surface area is 147 Å². The van der Waals surface area contributed by atoms with E-state index in [1.54, 1.807) is 19.9 Å². The Bertz CT molecular complexity index is 782. The van der Waals surface area contributed by atoms with Gasteiger partial charge in [0.05, 0.1) is 20.9 Å². The molecule has 1 aromatic carbocycles. The Morgan fingerprint density at radius 2 is 2.12 bits per heavy atom. The number of non-ortho nitro benzene ring substituents is 1. The highest BCUT2D eigenvalue weighted by Gasteiger charge is 2.18. The molecule has 24 heavy (non-hydrogen) atoms. The first-order valence-electron chi connectivity index (χ1n) is 6.79. The van der Waals surface area contributed by atoms with Gasteiger partial charge >= 0.3 is 0 Å². The molecule has 0 saturated carbocycles. The van der Waals surface area contributed by atoms with Gasteiger partial charge in [-0.15, -0.1) is 0 Å². The molecule has 3 N–H and O–H groups in total. The maximum atomic E-state index is 12.2. The van der Waals surface area contributed by atoms with Gasteiger partial charge < -0.3 is 11.1 Å². The number of carbonyl (C=O) groups excluding carboxylic acids is 1. The third-order valence-corrected chi connectivity index (χ3v) is 4.20. The fraction of sp³-hybridized carbons (Fsp3) is 0.214. The summed E-state index contributed by atoms with van der Waals surface area (Å²) < 4.78 is 0. The van der Waals surface area contributed by atoms with Gasteiger partial charge in [-0.05, 0) is 19.9 Å². The van der Waals surface area contributed by atoms with Crippen LogP contribution in [0.15, 0.2) is 29.4 Å². The summed E-state index contributed by atoms with van der Waals surface area (Å²) in [4.78, 5) is 30.6. The maximum Gasteiger partial charge on any atom is 0.271 e. The van der Waals surface area contributed by atoms with Gasteiger partial charge in [0, 0.05) is 23.9 Å². The van der Waals surface area contributed by atoms with Crippen molar-refractivity contribution < 1.29 is 9.72 Å². The summed E-state index contributed by atoms with van der Waals surface area (Å²) in [7, 11) is 0. The second kappa shape index (κ2) is 7.45. The van der Waals surface area contributed by atoms with Gasteiger partial charge in [-0.1, -0.05) is 23.4 Å². The number of nitrogens with two attached hydrogens (primary N) is 1. The summed E-state index contributed by atoms with van der Waals surface area (Å²) in [5, 5.41) is 13.3. The van der Waals surface area contributed by atoms with Crippen LogP contribution in [0.4, 0.5) is 17.2 Å². The van der Waals surface area contributed by atoms with Crippen molar-refractivity contribution in [2.45, 2.75) is 24.3 Å². The monoisotopic (exact) mass is 367 g/mol. The van der Waals surface area contributed by atoms with E-state index in [-0.39, 0.29) is 16.6 Å². The highest BCUT2D eigenvalue weighted by molar-refractivity contribution is 8.00. The summed E-state index contributed by atoms with van der Waals surface area (Å²) in [6.45, 7) is 3.46. The topological polar surface area (TPSA) is 124 Å². The molecule has 2 aromatic rings. The van der Waals surface area contributed by atoms with Gasteiger partial charge in [0.2, 0.25) is 5.91 Å². The Kier molecular flexibility index (Phi) is 5.58. The maximum absolute atomic E-state index is 12.2. The second-order valence-electron chi connectivity index (χ2n) is 4.89. The van der Waals surface area contributed by atoms with E-state index in [0.29, 0.717) is 22.4 Å². The summed E-state index contributed by atoms with van der Waals surface area (Å²) in [5.41, 5.74) is 6.51. The zero-order valence-corrected chi connectivity index (χ0v) is 14.4. The van der Waals surface area contributed by atoms with Crippen molar-refractivity contribution in [2.75, 3.05) is 11.1 Å². The minimum absolute atomic E-state index is 0.0887. The first kappa shape index (κ1) is 18.0. The predicted molar refractivity (Wildman–Crippen MR) is 93.2 cm³/mol. The van der Waals surface area contributed by atoms with E-state index in [2.05, 4.69) is 15.3 Å². The SMILES string of the molecule is Cc1cc(N)nc(SC(C)C(=O)Nc2ccc([N+](=O)[O-])cc2Cl)n1. The van der Waals surface area contributed by atoms with Crippen LogP contribution in [0.1, 0.15) is 12.6 Å². The number of anilines is 2. The second-order valence-corrected chi connectivity index (χ2v) is 6.60. The van der Waals surface area contributed by atoms with Crippen LogP contribution in [0, 0.1) is 17.0 Å². The molecule has 0 saturated heterocycles. The molecule has 2 rings (SSSR count). The van der Waals surface area contributed by atoms with Crippen LogP contribution in [-0.4, -0.2) is 26.0 Å². The molecular weight excluding hydrogens is 354 g/mol. The van der Waals surface area contributed by atoms with E-state index < -0.39 is 10.2 Å². The number of nitrogen functional groups attached to an aromatic ring is 1. The number of aryl methyl sites for hydroxylation is 1. The number of rotatable bonds is 5. The number of nitrogens with zero attached hydrogens (tertiary/aromatic N) is 3. The fourth-order valence-corrected chi connectivity index (χ4v) is 2.84. The summed E-state index contributed by atoms with van der Waals surface area (Å²) in [5.74, 6) is -0.00421. The van der Waals surface area contributed by atoms with Crippen LogP contribution >= 0.6 is 23.4 Å². The van der Waals surface area contributed by atoms with Crippen molar-refractivity contribution >= 4 is 46.5 Å². The van der Waals surface area contributed by atoms with Crippen LogP contribution in [-0.2, 0) is 4.79 Å². The molecule has 0 aliphatic carbocycles. The lowest BCUT2D eigenvalue weighted by Gasteiger charge is -2.12. The van der Waals surface area contributed by atoms with Crippen molar-refractivity contribution in [3.63, 3.8) is 0 Å². The largest absolute Gasteiger partial charge is 0.384 e. The Morgan fingerprint density at radius 1 is 1.42 bits per heavy atom. The lowest BCUT2D eigenvalue weighted by Crippen LogP contribution is -2.23. The molecule has 126 valence electrons. The molecule has 1 heterocycles. The van der Waals surface area contributed by atoms with E-state index in [1.165, 1.54) is 18.2 Å². The van der Waals surface area contributed by atoms with Gasteiger partial charge in [0.1, 0.15) is 5.82 Å². The lowest BCUT2D eigenvalue weighted by atomic mass is 10.2. The quantitative estimate of drug-likeness (QED) is 0.360. The van der Waals surface area contributed by atoms with Gasteiger partial charge in [-0.3, -0.25) is 14.9 Å². The highest BCUT2D eigenvalue weighted by Crippen LogP contribution is 2.28. The number of thioether (sulfide) groups is 1. The summed E-state index contributed by atoms with van der Waals surface area (Å²) in [6.07, 6.45) is 0. The fourth-order valence-electron chi connectivity index (χ4n) is 1.78. The molecule has 1 unspecified atom stereocenters. The number of carbonyl (C=O) groups is 1. The van der Waals surface area contributed by atoms with Gasteiger partial charge in [-0.2, -0.15) is 0 Å².